The summed E-state index contributed by atoms with van der Waals surface area (Å²) in [5, 5.41) is 4.28. The van der Waals surface area contributed by atoms with Gasteiger partial charge in [-0.25, -0.2) is 0 Å². The van der Waals surface area contributed by atoms with Crippen LogP contribution in [0.5, 0.6) is 0 Å². The van der Waals surface area contributed by atoms with Crippen LogP contribution in [0, 0.1) is 0 Å². The molecule has 0 saturated heterocycles. The number of likely N-dealkylation sites (N-methyl/N-ethyl adjacent to an activating group) is 1. The van der Waals surface area contributed by atoms with Crippen molar-refractivity contribution in [3.8, 4) is 0 Å². The summed E-state index contributed by atoms with van der Waals surface area (Å²) >= 11 is 6.04. The third-order valence-corrected chi connectivity index (χ3v) is 3.74. The standard InChI is InChI=1S/C15H25ClN2/c1-5-9-17-11-12(2)18(4)13(3)14-7-6-8-15(16)10-14/h6-8,10,12-13,17H,5,9,11H2,1-4H3. The molecule has 0 radical (unpaired) electrons. The number of rotatable bonds is 7. The summed E-state index contributed by atoms with van der Waals surface area (Å²) < 4.78 is 0. The van der Waals surface area contributed by atoms with Crippen LogP contribution < -0.4 is 5.32 Å². The SMILES string of the molecule is CCCNCC(C)N(C)C(C)c1cccc(Cl)c1. The molecular weight excluding hydrogens is 244 g/mol. The lowest BCUT2D eigenvalue weighted by Gasteiger charge is -2.31. The molecule has 0 spiro atoms. The summed E-state index contributed by atoms with van der Waals surface area (Å²) in [4.78, 5) is 2.38. The zero-order valence-corrected chi connectivity index (χ0v) is 12.7. The van der Waals surface area contributed by atoms with E-state index in [1.54, 1.807) is 0 Å². The van der Waals surface area contributed by atoms with Gasteiger partial charge in [0.15, 0.2) is 0 Å². The molecule has 0 amide bonds. The molecule has 0 aliphatic heterocycles. The zero-order valence-electron chi connectivity index (χ0n) is 11.9. The van der Waals surface area contributed by atoms with Crippen molar-refractivity contribution in [1.29, 1.82) is 0 Å². The molecule has 0 aliphatic rings. The van der Waals surface area contributed by atoms with Crippen molar-refractivity contribution in [2.75, 3.05) is 20.1 Å². The molecule has 0 aromatic heterocycles. The number of hydrogen-bond donors (Lipinski definition) is 1. The van der Waals surface area contributed by atoms with Crippen molar-refractivity contribution in [3.05, 3.63) is 34.9 Å². The van der Waals surface area contributed by atoms with E-state index in [1.165, 1.54) is 12.0 Å². The minimum absolute atomic E-state index is 0.377. The molecule has 18 heavy (non-hydrogen) atoms. The third kappa shape index (κ3) is 4.60. The summed E-state index contributed by atoms with van der Waals surface area (Å²) in [7, 11) is 2.17. The van der Waals surface area contributed by atoms with E-state index in [9.17, 15) is 0 Å². The Labute approximate surface area is 116 Å². The van der Waals surface area contributed by atoms with Crippen molar-refractivity contribution in [1.82, 2.24) is 10.2 Å². The van der Waals surface area contributed by atoms with Gasteiger partial charge in [0.2, 0.25) is 0 Å². The normalized spacial score (nSPS) is 14.8. The summed E-state index contributed by atoms with van der Waals surface area (Å²) in [6, 6.07) is 9.01. The predicted octanol–water partition coefficient (Wildman–Crippen LogP) is 3.72. The van der Waals surface area contributed by atoms with E-state index in [1.807, 2.05) is 12.1 Å². The Kier molecular flexibility index (Phi) is 6.69. The molecule has 2 atom stereocenters. The van der Waals surface area contributed by atoms with Crippen LogP contribution in [-0.4, -0.2) is 31.1 Å². The molecule has 0 bridgehead atoms. The Bertz CT molecular complexity index is 354. The Morgan fingerprint density at radius 2 is 2.06 bits per heavy atom. The van der Waals surface area contributed by atoms with E-state index in [0.29, 0.717) is 12.1 Å². The van der Waals surface area contributed by atoms with Crippen LogP contribution in [0.4, 0.5) is 0 Å². The van der Waals surface area contributed by atoms with E-state index in [2.05, 4.69) is 50.2 Å². The molecule has 2 unspecified atom stereocenters. The fourth-order valence-corrected chi connectivity index (χ4v) is 2.21. The van der Waals surface area contributed by atoms with E-state index in [0.717, 1.165) is 18.1 Å². The monoisotopic (exact) mass is 268 g/mol. The van der Waals surface area contributed by atoms with E-state index in [-0.39, 0.29) is 0 Å². The van der Waals surface area contributed by atoms with Crippen LogP contribution in [0.2, 0.25) is 5.02 Å². The quantitative estimate of drug-likeness (QED) is 0.759. The van der Waals surface area contributed by atoms with Gasteiger partial charge in [-0.3, -0.25) is 4.90 Å². The first-order valence-electron chi connectivity index (χ1n) is 6.74. The van der Waals surface area contributed by atoms with Gasteiger partial charge in [0.25, 0.3) is 0 Å². The van der Waals surface area contributed by atoms with Crippen molar-refractivity contribution in [2.24, 2.45) is 0 Å². The van der Waals surface area contributed by atoms with E-state index < -0.39 is 0 Å². The van der Waals surface area contributed by atoms with Crippen LogP contribution in [0.1, 0.15) is 38.8 Å². The Balaban J connectivity index is 2.57. The Morgan fingerprint density at radius 3 is 2.67 bits per heavy atom. The van der Waals surface area contributed by atoms with Crippen molar-refractivity contribution < 1.29 is 0 Å². The summed E-state index contributed by atoms with van der Waals surface area (Å²) in [5.74, 6) is 0. The number of hydrogen-bond acceptors (Lipinski definition) is 2. The fraction of sp³-hybridized carbons (Fsp3) is 0.600. The molecule has 1 aromatic carbocycles. The summed E-state index contributed by atoms with van der Waals surface area (Å²) in [6.07, 6.45) is 1.18. The molecule has 1 N–H and O–H groups in total. The second-order valence-electron chi connectivity index (χ2n) is 4.95. The molecule has 102 valence electrons. The minimum Gasteiger partial charge on any atom is -0.315 e. The molecular formula is C15H25ClN2. The van der Waals surface area contributed by atoms with Gasteiger partial charge >= 0.3 is 0 Å². The van der Waals surface area contributed by atoms with Crippen LogP contribution in [0.15, 0.2) is 24.3 Å². The lowest BCUT2D eigenvalue weighted by atomic mass is 10.1. The minimum atomic E-state index is 0.377. The van der Waals surface area contributed by atoms with Crippen LogP contribution in [0.3, 0.4) is 0 Å². The second kappa shape index (κ2) is 7.78. The highest BCUT2D eigenvalue weighted by atomic mass is 35.5. The average Bonchev–Trinajstić information content (AvgIpc) is 2.37. The summed E-state index contributed by atoms with van der Waals surface area (Å²) in [6.45, 7) is 8.78. The lowest BCUT2D eigenvalue weighted by Crippen LogP contribution is -2.39. The maximum atomic E-state index is 6.04. The smallest absolute Gasteiger partial charge is 0.0409 e. The van der Waals surface area contributed by atoms with Crippen LogP contribution >= 0.6 is 11.6 Å². The van der Waals surface area contributed by atoms with Gasteiger partial charge in [0.1, 0.15) is 0 Å². The van der Waals surface area contributed by atoms with Gasteiger partial charge in [-0.15, -0.1) is 0 Å². The number of halogens is 1. The highest BCUT2D eigenvalue weighted by molar-refractivity contribution is 6.30. The lowest BCUT2D eigenvalue weighted by molar-refractivity contribution is 0.193. The third-order valence-electron chi connectivity index (χ3n) is 3.50. The largest absolute Gasteiger partial charge is 0.315 e. The van der Waals surface area contributed by atoms with Gasteiger partial charge in [-0.2, -0.15) is 0 Å². The second-order valence-corrected chi connectivity index (χ2v) is 5.39. The predicted molar refractivity (Wildman–Crippen MR) is 80.3 cm³/mol. The molecule has 3 heteroatoms. The maximum Gasteiger partial charge on any atom is 0.0409 e. The number of benzene rings is 1. The summed E-state index contributed by atoms with van der Waals surface area (Å²) in [5.41, 5.74) is 1.27. The van der Waals surface area contributed by atoms with Gasteiger partial charge in [0.05, 0.1) is 0 Å². The van der Waals surface area contributed by atoms with Crippen molar-refractivity contribution in [2.45, 2.75) is 39.3 Å². The maximum absolute atomic E-state index is 6.04. The highest BCUT2D eigenvalue weighted by Gasteiger charge is 2.17. The van der Waals surface area contributed by atoms with Gasteiger partial charge in [-0.1, -0.05) is 30.7 Å². The molecule has 1 aromatic rings. The molecule has 1 rings (SSSR count). The molecule has 0 heterocycles. The molecule has 0 aliphatic carbocycles. The van der Waals surface area contributed by atoms with Gasteiger partial charge in [-0.05, 0) is 51.6 Å². The average molecular weight is 269 g/mol. The topological polar surface area (TPSA) is 15.3 Å². The highest BCUT2D eigenvalue weighted by Crippen LogP contribution is 2.23. The fourth-order valence-electron chi connectivity index (χ4n) is 2.02. The first-order valence-corrected chi connectivity index (χ1v) is 7.12. The zero-order chi connectivity index (χ0) is 13.5. The Hall–Kier alpha value is -0.570. The van der Waals surface area contributed by atoms with Crippen molar-refractivity contribution >= 4 is 11.6 Å². The van der Waals surface area contributed by atoms with Crippen LogP contribution in [-0.2, 0) is 0 Å². The first-order chi connectivity index (χ1) is 8.56. The Morgan fingerprint density at radius 1 is 1.33 bits per heavy atom. The molecule has 0 saturated carbocycles. The molecule has 0 fully saturated rings. The number of nitrogens with zero attached hydrogens (tertiary/aromatic N) is 1. The van der Waals surface area contributed by atoms with E-state index in [4.69, 9.17) is 11.6 Å². The van der Waals surface area contributed by atoms with Gasteiger partial charge < -0.3 is 5.32 Å². The number of nitrogens with one attached hydrogen (secondary N) is 1. The van der Waals surface area contributed by atoms with Crippen LogP contribution in [0.25, 0.3) is 0 Å². The van der Waals surface area contributed by atoms with Gasteiger partial charge in [0, 0.05) is 23.7 Å². The van der Waals surface area contributed by atoms with E-state index >= 15 is 0 Å². The first kappa shape index (κ1) is 15.5. The van der Waals surface area contributed by atoms with Crippen molar-refractivity contribution in [3.63, 3.8) is 0 Å². The molecule has 2 nitrogen and oxygen atoms in total.